The van der Waals surface area contributed by atoms with E-state index in [1.807, 2.05) is 4.90 Å². The third kappa shape index (κ3) is 2.78. The predicted octanol–water partition coefficient (Wildman–Crippen LogP) is 1.82. The molecule has 0 bridgehead atoms. The van der Waals surface area contributed by atoms with Gasteiger partial charge in [-0.25, -0.2) is 19.3 Å². The molecule has 0 radical (unpaired) electrons. The SMILES string of the molecule is O=C1NCCc2nc(-c3cnc(N4CCC(F)CC4)cn3)sc21. The lowest BCUT2D eigenvalue weighted by atomic mass is 10.1. The highest BCUT2D eigenvalue weighted by Crippen LogP contribution is 2.29. The quantitative estimate of drug-likeness (QED) is 0.908. The first kappa shape index (κ1) is 14.5. The van der Waals surface area contributed by atoms with Crippen LogP contribution in [0.25, 0.3) is 10.7 Å². The Morgan fingerprint density at radius 1 is 1.26 bits per heavy atom. The summed E-state index contributed by atoms with van der Waals surface area (Å²) < 4.78 is 13.2. The summed E-state index contributed by atoms with van der Waals surface area (Å²) in [6.07, 6.45) is 4.51. The van der Waals surface area contributed by atoms with Crippen molar-refractivity contribution in [2.75, 3.05) is 24.5 Å². The Labute approximate surface area is 136 Å². The van der Waals surface area contributed by atoms with Gasteiger partial charge in [-0.3, -0.25) is 4.79 Å². The van der Waals surface area contributed by atoms with Crippen LogP contribution in [-0.4, -0.2) is 46.7 Å². The highest BCUT2D eigenvalue weighted by Gasteiger charge is 2.23. The molecule has 0 unspecified atom stereocenters. The minimum absolute atomic E-state index is 0.0614. The van der Waals surface area contributed by atoms with Crippen LogP contribution in [0.1, 0.15) is 28.2 Å². The molecule has 0 spiro atoms. The van der Waals surface area contributed by atoms with E-state index in [0.717, 1.165) is 17.9 Å². The Bertz CT molecular complexity index is 724. The second-order valence-corrected chi connectivity index (χ2v) is 6.72. The smallest absolute Gasteiger partial charge is 0.263 e. The van der Waals surface area contributed by atoms with Crippen LogP contribution in [0.15, 0.2) is 12.4 Å². The van der Waals surface area contributed by atoms with E-state index in [1.165, 1.54) is 11.3 Å². The zero-order chi connectivity index (χ0) is 15.8. The van der Waals surface area contributed by atoms with Gasteiger partial charge in [0.25, 0.3) is 5.91 Å². The van der Waals surface area contributed by atoms with Gasteiger partial charge in [0.2, 0.25) is 0 Å². The molecule has 6 nitrogen and oxygen atoms in total. The zero-order valence-corrected chi connectivity index (χ0v) is 13.3. The first-order chi connectivity index (χ1) is 11.2. The van der Waals surface area contributed by atoms with Gasteiger partial charge in [-0.1, -0.05) is 0 Å². The minimum Gasteiger partial charge on any atom is -0.355 e. The molecule has 2 aromatic heterocycles. The van der Waals surface area contributed by atoms with Crippen LogP contribution in [0.5, 0.6) is 0 Å². The molecule has 1 amide bonds. The second-order valence-electron chi connectivity index (χ2n) is 5.72. The second kappa shape index (κ2) is 5.84. The minimum atomic E-state index is -0.703. The average Bonchev–Trinajstić information content (AvgIpc) is 3.01. The number of carbonyl (C=O) groups is 1. The maximum atomic E-state index is 13.2. The summed E-state index contributed by atoms with van der Waals surface area (Å²) in [6.45, 7) is 1.96. The van der Waals surface area contributed by atoms with Crippen LogP contribution in [0.2, 0.25) is 0 Å². The van der Waals surface area contributed by atoms with Crippen LogP contribution in [0.4, 0.5) is 10.2 Å². The number of rotatable bonds is 2. The van der Waals surface area contributed by atoms with Crippen molar-refractivity contribution < 1.29 is 9.18 Å². The maximum absolute atomic E-state index is 13.2. The lowest BCUT2D eigenvalue weighted by molar-refractivity contribution is 0.0950. The predicted molar refractivity (Wildman–Crippen MR) is 85.5 cm³/mol. The van der Waals surface area contributed by atoms with Crippen LogP contribution in [0.3, 0.4) is 0 Å². The van der Waals surface area contributed by atoms with Crippen molar-refractivity contribution in [1.29, 1.82) is 0 Å². The van der Waals surface area contributed by atoms with Crippen molar-refractivity contribution in [2.45, 2.75) is 25.4 Å². The number of hydrogen-bond acceptors (Lipinski definition) is 6. The van der Waals surface area contributed by atoms with E-state index in [9.17, 15) is 9.18 Å². The standard InChI is InChI=1S/C15H16FN5OS/c16-9-2-5-21(6-3-9)12-8-18-11(7-19-12)15-20-10-1-4-17-14(22)13(10)23-15/h7-9H,1-6H2,(H,17,22). The van der Waals surface area contributed by atoms with Crippen LogP contribution in [0, 0.1) is 0 Å². The molecule has 0 atom stereocenters. The number of halogens is 1. The molecule has 0 aromatic carbocycles. The molecule has 1 saturated heterocycles. The number of fused-ring (bicyclic) bond motifs is 1. The van der Waals surface area contributed by atoms with Gasteiger partial charge < -0.3 is 10.2 Å². The zero-order valence-electron chi connectivity index (χ0n) is 12.5. The Balaban J connectivity index is 1.55. The molecule has 1 N–H and O–H groups in total. The van der Waals surface area contributed by atoms with Gasteiger partial charge in [-0.05, 0) is 12.8 Å². The van der Waals surface area contributed by atoms with E-state index in [1.54, 1.807) is 12.4 Å². The number of alkyl halides is 1. The van der Waals surface area contributed by atoms with E-state index < -0.39 is 6.17 Å². The lowest BCUT2D eigenvalue weighted by Gasteiger charge is -2.29. The number of aromatic nitrogens is 3. The van der Waals surface area contributed by atoms with Crippen molar-refractivity contribution in [3.63, 3.8) is 0 Å². The molecule has 2 aromatic rings. The fraction of sp³-hybridized carbons (Fsp3) is 0.467. The Morgan fingerprint density at radius 3 is 2.78 bits per heavy atom. The van der Waals surface area contributed by atoms with Crippen molar-refractivity contribution in [3.8, 4) is 10.7 Å². The van der Waals surface area contributed by atoms with Gasteiger partial charge in [0, 0.05) is 26.1 Å². The normalized spacial score (nSPS) is 18.7. The number of nitrogens with zero attached hydrogens (tertiary/aromatic N) is 4. The van der Waals surface area contributed by atoms with Gasteiger partial charge in [-0.15, -0.1) is 11.3 Å². The highest BCUT2D eigenvalue weighted by atomic mass is 32.1. The number of hydrogen-bond donors (Lipinski definition) is 1. The summed E-state index contributed by atoms with van der Waals surface area (Å²) in [6, 6.07) is 0. The Morgan fingerprint density at radius 2 is 2.09 bits per heavy atom. The van der Waals surface area contributed by atoms with Crippen molar-refractivity contribution in [2.24, 2.45) is 0 Å². The third-order valence-electron chi connectivity index (χ3n) is 4.16. The molecule has 0 aliphatic carbocycles. The molecule has 23 heavy (non-hydrogen) atoms. The number of nitrogens with one attached hydrogen (secondary N) is 1. The third-order valence-corrected chi connectivity index (χ3v) is 5.28. The molecule has 1 fully saturated rings. The van der Waals surface area contributed by atoms with E-state index in [4.69, 9.17) is 0 Å². The largest absolute Gasteiger partial charge is 0.355 e. The van der Waals surface area contributed by atoms with Crippen LogP contribution < -0.4 is 10.2 Å². The van der Waals surface area contributed by atoms with E-state index >= 15 is 0 Å². The van der Waals surface area contributed by atoms with E-state index in [-0.39, 0.29) is 5.91 Å². The number of anilines is 1. The monoisotopic (exact) mass is 333 g/mol. The number of thiazole rings is 1. The van der Waals surface area contributed by atoms with Crippen LogP contribution >= 0.6 is 11.3 Å². The summed E-state index contributed by atoms with van der Waals surface area (Å²) >= 11 is 1.35. The molecule has 120 valence electrons. The van der Waals surface area contributed by atoms with Gasteiger partial charge >= 0.3 is 0 Å². The fourth-order valence-corrected chi connectivity index (χ4v) is 3.84. The Hall–Kier alpha value is -2.09. The summed E-state index contributed by atoms with van der Waals surface area (Å²) in [5.41, 5.74) is 1.51. The van der Waals surface area contributed by atoms with Crippen molar-refractivity contribution >= 4 is 23.1 Å². The molecule has 2 aliphatic rings. The van der Waals surface area contributed by atoms with Crippen molar-refractivity contribution in [3.05, 3.63) is 23.0 Å². The van der Waals surface area contributed by atoms with Gasteiger partial charge in [0.05, 0.1) is 18.1 Å². The van der Waals surface area contributed by atoms with E-state index in [0.29, 0.717) is 48.1 Å². The molecule has 0 saturated carbocycles. The first-order valence-electron chi connectivity index (χ1n) is 7.70. The maximum Gasteiger partial charge on any atom is 0.263 e. The summed E-state index contributed by atoms with van der Waals surface area (Å²) in [7, 11) is 0. The van der Waals surface area contributed by atoms with Crippen molar-refractivity contribution in [1.82, 2.24) is 20.3 Å². The summed E-state index contributed by atoms with van der Waals surface area (Å²) in [5, 5.41) is 3.53. The molecule has 8 heteroatoms. The first-order valence-corrected chi connectivity index (χ1v) is 8.51. The molecule has 4 heterocycles. The fourth-order valence-electron chi connectivity index (χ4n) is 2.85. The lowest BCUT2D eigenvalue weighted by Crippen LogP contribution is -2.34. The molecule has 4 rings (SSSR count). The highest BCUT2D eigenvalue weighted by molar-refractivity contribution is 7.17. The summed E-state index contributed by atoms with van der Waals surface area (Å²) in [5.74, 6) is 0.702. The molecule has 2 aliphatic heterocycles. The van der Waals surface area contributed by atoms with E-state index in [2.05, 4.69) is 20.3 Å². The number of amides is 1. The topological polar surface area (TPSA) is 71.0 Å². The molecular formula is C15H16FN5OS. The number of piperidine rings is 1. The average molecular weight is 333 g/mol. The van der Waals surface area contributed by atoms with Gasteiger partial charge in [-0.2, -0.15) is 0 Å². The van der Waals surface area contributed by atoms with Crippen LogP contribution in [-0.2, 0) is 6.42 Å². The van der Waals surface area contributed by atoms with Gasteiger partial charge in [0.1, 0.15) is 27.6 Å². The molecular weight excluding hydrogens is 317 g/mol. The number of carbonyl (C=O) groups excluding carboxylic acids is 1. The summed E-state index contributed by atoms with van der Waals surface area (Å²) in [4.78, 5) is 27.9. The van der Waals surface area contributed by atoms with Gasteiger partial charge in [0.15, 0.2) is 0 Å². The Kier molecular flexibility index (Phi) is 3.68.